The minimum atomic E-state index is -1.05. The molecule has 26 aromatic rings. The van der Waals surface area contributed by atoms with Crippen LogP contribution in [0.15, 0.2) is 436 Å². The Hall–Kier alpha value is -14.7. The van der Waals surface area contributed by atoms with E-state index in [9.17, 15) is 19.2 Å². The van der Waals surface area contributed by atoms with Gasteiger partial charge in [0.05, 0.1) is 57.6 Å². The molecule has 0 amide bonds. The summed E-state index contributed by atoms with van der Waals surface area (Å²) in [7, 11) is 0. The van der Waals surface area contributed by atoms with Crippen molar-refractivity contribution in [3.63, 3.8) is 0 Å². The molecule has 0 saturated heterocycles. The summed E-state index contributed by atoms with van der Waals surface area (Å²) in [6.45, 7) is 0. The summed E-state index contributed by atoms with van der Waals surface area (Å²) in [5.74, 6) is 0. The van der Waals surface area contributed by atoms with Crippen LogP contribution in [-0.2, 0) is 0 Å². The third-order valence-corrected chi connectivity index (χ3v) is 25.4. The van der Waals surface area contributed by atoms with Crippen molar-refractivity contribution in [2.24, 2.45) is 0 Å². The lowest BCUT2D eigenvalue weighted by atomic mass is 9.84. The van der Waals surface area contributed by atoms with Crippen LogP contribution in [0.2, 0.25) is 0 Å². The SMILES string of the molecule is [2H]c1c([2H])c([2H])c(-c2c3c([2H])c([2H])c([2H])c([2H])c3c(-c3c([2H])c([2H])c(-c4c([2H])c([2H])c([2H])c5c([2H])c6c(sc7c([2H])c([2H])c([2H])c([2H])c76)c([2H])c45)c([2H])c3[2H])c3c([2H])c([2H])c([2H])c([2H])c23)c([2H])c1[2H].[2H]c1c([2H])c([2H])c2c(-c3ccc4sc5cc6ccccc6cc5c4c3)c3c([2H])c([2H])c([2H])c([2H])c3c(-c3ccccc3)c2c1[2H].[2H]c1c([2H])c([2H])c2c(-c3cccc4ccccc34)c3c([2H])c([2H])c([2H])c([2H])c3c(-c3ccc4sc5cc6ccccc6cc5c4c3)c2c1[2H]. The van der Waals surface area contributed by atoms with E-state index in [0.717, 1.165) is 72.7 Å². The maximum absolute atomic E-state index is 9.57. The summed E-state index contributed by atoms with van der Waals surface area (Å²) < 4.78 is 379. The minimum absolute atomic E-state index is 0.0554. The average molecular weight is 1630 g/mol. The predicted molar refractivity (Wildman–Crippen MR) is 531 cm³/mol. The van der Waals surface area contributed by atoms with E-state index in [2.05, 4.69) is 48.5 Å². The van der Waals surface area contributed by atoms with Crippen LogP contribution >= 0.6 is 34.0 Å². The lowest BCUT2D eigenvalue weighted by Crippen LogP contribution is -1.91. The van der Waals surface area contributed by atoms with Crippen molar-refractivity contribution in [1.82, 2.24) is 0 Å². The highest BCUT2D eigenvalue weighted by atomic mass is 32.1. The molecule has 0 fully saturated rings. The molecule has 562 valence electrons. The molecular weight excluding hydrogens is 1510 g/mol. The van der Waals surface area contributed by atoms with Crippen molar-refractivity contribution in [1.29, 1.82) is 0 Å². The van der Waals surface area contributed by atoms with Gasteiger partial charge in [-0.3, -0.25) is 0 Å². The van der Waals surface area contributed by atoms with Crippen LogP contribution < -0.4 is 0 Å². The third kappa shape index (κ3) is 11.9. The van der Waals surface area contributed by atoms with E-state index in [4.69, 9.17) is 38.4 Å². The highest BCUT2D eigenvalue weighted by molar-refractivity contribution is 7.26. The lowest BCUT2D eigenvalue weighted by Gasteiger charge is -2.19. The standard InChI is InChI=1S/C42H26S.C40H24S.C36H22S/c1-2-11-28(12-3-1)41-33-15-4-6-17-35(33)42(36-18-7-5-16-34(36)41)29-23-21-27(22-24-29)31-19-10-13-30-25-38-32-14-8-9-20-39(32)43-40(38)26-37(30)31;1-2-12-27-24-38-36(22-26(27)11-1)35-23-28(20-21-37(35)41-38)39-31-15-5-7-17-33(31)40(34-18-8-6-16-32(34)39)30-19-9-13-25-10-3-4-14-29(25)30;1-2-10-23(11-3-1)35-27-14-6-8-16-29(27)36(30-17-9-7-15-28(30)35)26-18-19-33-31(21-26)32-20-24-12-4-5-13-25(24)22-34(32)37-33/h1-26H;1-24H;1-22H/i1D,2D,3D,4D,5D,6D,7D,8D,9D,10D,11D,12D,13D,14D,15D,16D,17D,18D,19D,20D,21D,22D,23D,24D,25D,26D;5D,6D,7D,8D,15D,16D,17D,18D;6D,7D,8D,9D,14D,15D,16D,17D. The van der Waals surface area contributed by atoms with Gasteiger partial charge in [0.15, 0.2) is 0 Å². The number of benzene rings is 23. The van der Waals surface area contributed by atoms with Crippen LogP contribution in [0, 0.1) is 0 Å². The Kier molecular flexibility index (Phi) is 9.68. The Morgan fingerprint density at radius 1 is 0.149 bits per heavy atom. The van der Waals surface area contributed by atoms with E-state index in [0.29, 0.717) is 55.8 Å². The van der Waals surface area contributed by atoms with Crippen molar-refractivity contribution in [2.75, 3.05) is 0 Å². The monoisotopic (exact) mass is 1630 g/mol. The Morgan fingerprint density at radius 3 is 1.02 bits per heavy atom. The Balaban J connectivity index is 0.000000131. The van der Waals surface area contributed by atoms with E-state index < -0.39 is 271 Å². The summed E-state index contributed by atoms with van der Waals surface area (Å²) in [6.07, 6.45) is 0. The van der Waals surface area contributed by atoms with Gasteiger partial charge in [0.2, 0.25) is 0 Å². The number of hydrogen-bond donors (Lipinski definition) is 0. The van der Waals surface area contributed by atoms with Crippen LogP contribution in [0.5, 0.6) is 0 Å². The van der Waals surface area contributed by atoms with E-state index in [-0.39, 0.29) is 112 Å². The van der Waals surface area contributed by atoms with Gasteiger partial charge in [0, 0.05) is 60.5 Å². The largest absolute Gasteiger partial charge is 0.135 e. The van der Waals surface area contributed by atoms with Crippen LogP contribution in [0.1, 0.15) is 57.6 Å². The molecule has 0 unspecified atom stereocenters. The smallest absolute Gasteiger partial charge is 0.0645 e. The van der Waals surface area contributed by atoms with Gasteiger partial charge in [0.1, 0.15) is 0 Å². The zero-order valence-corrected chi connectivity index (χ0v) is 65.0. The first-order chi connectivity index (χ1) is 77.5. The highest BCUT2D eigenvalue weighted by Gasteiger charge is 2.23. The Labute approximate surface area is 770 Å². The van der Waals surface area contributed by atoms with Crippen LogP contribution in [-0.4, -0.2) is 0 Å². The second kappa shape index (κ2) is 29.1. The van der Waals surface area contributed by atoms with Crippen molar-refractivity contribution in [2.45, 2.75) is 0 Å². The fourth-order valence-corrected chi connectivity index (χ4v) is 20.0. The average Bonchev–Trinajstić information content (AvgIpc) is 1.68. The van der Waals surface area contributed by atoms with Crippen molar-refractivity contribution in [3.05, 3.63) is 436 Å². The first-order valence-corrected chi connectivity index (χ1v) is 40.6. The molecule has 0 N–H and O–H groups in total. The molecule has 23 aromatic carbocycles. The van der Waals surface area contributed by atoms with Gasteiger partial charge in [-0.2, -0.15) is 0 Å². The maximum atomic E-state index is 9.57. The van der Waals surface area contributed by atoms with Gasteiger partial charge in [-0.25, -0.2) is 0 Å². The van der Waals surface area contributed by atoms with Gasteiger partial charge < -0.3 is 0 Å². The molecule has 0 nitrogen and oxygen atoms in total. The third-order valence-electron chi connectivity index (χ3n) is 22.1. The summed E-state index contributed by atoms with van der Waals surface area (Å²) in [5.41, 5.74) is -0.430. The zero-order valence-electron chi connectivity index (χ0n) is 105. The molecule has 0 bridgehead atoms. The molecule has 3 aromatic heterocycles. The Bertz CT molecular complexity index is 11200. The lowest BCUT2D eigenvalue weighted by molar-refractivity contribution is 1.63. The van der Waals surface area contributed by atoms with Gasteiger partial charge in [-0.15, -0.1) is 34.0 Å². The fraction of sp³-hybridized carbons (Fsp3) is 0. The van der Waals surface area contributed by atoms with Crippen LogP contribution in [0.4, 0.5) is 0 Å². The van der Waals surface area contributed by atoms with Crippen LogP contribution in [0.25, 0.3) is 246 Å². The maximum Gasteiger partial charge on any atom is 0.0645 e. The molecule has 0 aliphatic rings. The molecule has 0 aliphatic heterocycles. The van der Waals surface area contributed by atoms with Gasteiger partial charge >= 0.3 is 0 Å². The summed E-state index contributed by atoms with van der Waals surface area (Å²) in [6, 6.07) is 31.5. The zero-order chi connectivity index (χ0) is 116. The van der Waals surface area contributed by atoms with Crippen LogP contribution in [0.3, 0.4) is 0 Å². The topological polar surface area (TPSA) is 0 Å². The van der Waals surface area contributed by atoms with Crippen molar-refractivity contribution >= 4 is 202 Å². The fourth-order valence-electron chi connectivity index (χ4n) is 16.8. The first-order valence-electron chi connectivity index (χ1n) is 59.1. The normalized spacial score (nSPS) is 16.7. The molecule has 0 spiro atoms. The van der Waals surface area contributed by atoms with Gasteiger partial charge in [-0.05, 0) is 252 Å². The molecule has 26 rings (SSSR count). The van der Waals surface area contributed by atoms with E-state index in [1.165, 1.54) is 0 Å². The molecule has 3 heterocycles. The van der Waals surface area contributed by atoms with E-state index >= 15 is 0 Å². The second-order valence-corrected chi connectivity index (χ2v) is 31.9. The molecule has 0 atom stereocenters. The summed E-state index contributed by atoms with van der Waals surface area (Å²) in [5, 5.41) is 7.93. The summed E-state index contributed by atoms with van der Waals surface area (Å²) in [4.78, 5) is 0. The van der Waals surface area contributed by atoms with Gasteiger partial charge in [0.25, 0.3) is 0 Å². The first kappa shape index (κ1) is 40.2. The Morgan fingerprint density at radius 2 is 0.521 bits per heavy atom. The molecule has 0 saturated carbocycles. The molecule has 121 heavy (non-hydrogen) atoms. The number of thiophene rings is 3. The number of fused-ring (bicyclic) bond motifs is 19. The molecule has 3 heteroatoms. The number of rotatable bonds is 7. The molecular formula is C118H72S3. The van der Waals surface area contributed by atoms with Crippen molar-refractivity contribution < 1.29 is 57.6 Å². The quantitative estimate of drug-likeness (QED) is 0.140. The molecule has 0 radical (unpaired) electrons. The minimum Gasteiger partial charge on any atom is -0.135 e. The predicted octanol–water partition coefficient (Wildman–Crippen LogP) is 35.4. The van der Waals surface area contributed by atoms with E-state index in [1.54, 1.807) is 46.9 Å². The van der Waals surface area contributed by atoms with Gasteiger partial charge in [-0.1, -0.05) is 369 Å². The summed E-state index contributed by atoms with van der Waals surface area (Å²) >= 11 is 4.03. The number of hydrogen-bond acceptors (Lipinski definition) is 3. The van der Waals surface area contributed by atoms with E-state index in [1.807, 2.05) is 109 Å². The van der Waals surface area contributed by atoms with Crippen molar-refractivity contribution in [3.8, 4) is 77.9 Å². The molecule has 0 aliphatic carbocycles. The highest BCUT2D eigenvalue weighted by Crippen LogP contribution is 2.51. The second-order valence-electron chi connectivity index (χ2n) is 28.7.